The van der Waals surface area contributed by atoms with Crippen LogP contribution in [0.4, 0.5) is 0 Å². The predicted molar refractivity (Wildman–Crippen MR) is 127 cm³/mol. The maximum Gasteiger partial charge on any atom is -0.00190 e. The molecule has 0 unspecified atom stereocenters. The molecule has 0 heterocycles. The number of rotatable bonds is 21. The summed E-state index contributed by atoms with van der Waals surface area (Å²) < 4.78 is 0. The Bertz CT molecular complexity index is 278. The van der Waals surface area contributed by atoms with Crippen molar-refractivity contribution >= 4 is 12.4 Å². The molecule has 0 saturated heterocycles. The van der Waals surface area contributed by atoms with Crippen molar-refractivity contribution in [2.45, 2.75) is 117 Å². The molecular formula is C24H51ClN2. The van der Waals surface area contributed by atoms with Gasteiger partial charge in [0, 0.05) is 0 Å². The highest BCUT2D eigenvalue weighted by molar-refractivity contribution is 5.85. The van der Waals surface area contributed by atoms with Gasteiger partial charge in [-0.1, -0.05) is 90.2 Å². The first-order chi connectivity index (χ1) is 12.8. The molecule has 0 saturated carbocycles. The molecule has 0 aromatic rings. The van der Waals surface area contributed by atoms with Crippen LogP contribution in [0.5, 0.6) is 0 Å². The Labute approximate surface area is 178 Å². The monoisotopic (exact) mass is 402 g/mol. The van der Waals surface area contributed by atoms with E-state index in [1.54, 1.807) is 0 Å². The summed E-state index contributed by atoms with van der Waals surface area (Å²) in [6.07, 6.45) is 26.8. The lowest BCUT2D eigenvalue weighted by Crippen LogP contribution is -2.23. The fourth-order valence-corrected chi connectivity index (χ4v) is 3.55. The van der Waals surface area contributed by atoms with Gasteiger partial charge in [-0.25, -0.2) is 0 Å². The van der Waals surface area contributed by atoms with Crippen molar-refractivity contribution in [3.8, 4) is 0 Å². The van der Waals surface area contributed by atoms with E-state index in [9.17, 15) is 0 Å². The molecular weight excluding hydrogens is 352 g/mol. The molecule has 0 aromatic heterocycles. The van der Waals surface area contributed by atoms with E-state index in [1.165, 1.54) is 122 Å². The molecule has 0 amide bonds. The predicted octanol–water partition coefficient (Wildman–Crippen LogP) is 7.51. The van der Waals surface area contributed by atoms with Crippen molar-refractivity contribution in [2.75, 3.05) is 26.2 Å². The molecule has 2 N–H and O–H groups in total. The van der Waals surface area contributed by atoms with E-state index < -0.39 is 0 Å². The van der Waals surface area contributed by atoms with Gasteiger partial charge in [0.05, 0.1) is 0 Å². The number of halogens is 1. The van der Waals surface area contributed by atoms with Crippen LogP contribution in [0.15, 0.2) is 12.2 Å². The summed E-state index contributed by atoms with van der Waals surface area (Å²) in [5.41, 5.74) is 5.51. The number of nitrogens with zero attached hydrogens (tertiary/aromatic N) is 1. The van der Waals surface area contributed by atoms with E-state index in [2.05, 4.69) is 30.9 Å². The second-order valence-corrected chi connectivity index (χ2v) is 7.81. The molecule has 0 atom stereocenters. The smallest absolute Gasteiger partial charge is 0.00190 e. The van der Waals surface area contributed by atoms with Crippen molar-refractivity contribution in [3.63, 3.8) is 0 Å². The van der Waals surface area contributed by atoms with Crippen molar-refractivity contribution in [1.82, 2.24) is 4.90 Å². The fourth-order valence-electron chi connectivity index (χ4n) is 3.55. The zero-order chi connectivity index (χ0) is 19.1. The SMILES string of the molecule is CCN(CC)CCCCCCCCCCC=CCCCCCCCCN.Cl. The minimum Gasteiger partial charge on any atom is -0.330 e. The molecule has 0 aliphatic rings. The third-order valence-electron chi connectivity index (χ3n) is 5.48. The summed E-state index contributed by atoms with van der Waals surface area (Å²) in [5, 5.41) is 0. The van der Waals surface area contributed by atoms with Gasteiger partial charge in [-0.3, -0.25) is 0 Å². The molecule has 3 heteroatoms. The van der Waals surface area contributed by atoms with E-state index in [4.69, 9.17) is 5.73 Å². The van der Waals surface area contributed by atoms with Gasteiger partial charge in [0.2, 0.25) is 0 Å². The van der Waals surface area contributed by atoms with Crippen LogP contribution in [0.25, 0.3) is 0 Å². The molecule has 0 radical (unpaired) electrons. The third kappa shape index (κ3) is 23.9. The van der Waals surface area contributed by atoms with Gasteiger partial charge in [0.1, 0.15) is 0 Å². The molecule has 0 aromatic carbocycles. The largest absolute Gasteiger partial charge is 0.330 e. The van der Waals surface area contributed by atoms with Gasteiger partial charge < -0.3 is 10.6 Å². The van der Waals surface area contributed by atoms with Crippen LogP contribution in [0.3, 0.4) is 0 Å². The van der Waals surface area contributed by atoms with Crippen LogP contribution in [0.2, 0.25) is 0 Å². The second kappa shape index (κ2) is 26.0. The Morgan fingerprint density at radius 3 is 1.33 bits per heavy atom. The zero-order valence-electron chi connectivity index (χ0n) is 18.7. The van der Waals surface area contributed by atoms with Gasteiger partial charge in [-0.05, 0) is 64.7 Å². The topological polar surface area (TPSA) is 29.3 Å². The molecule has 0 aliphatic heterocycles. The lowest BCUT2D eigenvalue weighted by atomic mass is 10.1. The van der Waals surface area contributed by atoms with Gasteiger partial charge in [-0.15, -0.1) is 12.4 Å². The van der Waals surface area contributed by atoms with E-state index in [1.807, 2.05) is 0 Å². The normalized spacial score (nSPS) is 11.4. The Kier molecular flexibility index (Phi) is 28.0. The summed E-state index contributed by atoms with van der Waals surface area (Å²) >= 11 is 0. The fraction of sp³-hybridized carbons (Fsp3) is 0.917. The van der Waals surface area contributed by atoms with Crippen LogP contribution in [-0.4, -0.2) is 31.1 Å². The van der Waals surface area contributed by atoms with Crippen LogP contribution < -0.4 is 5.73 Å². The van der Waals surface area contributed by atoms with Crippen molar-refractivity contribution < 1.29 is 0 Å². The molecule has 0 rings (SSSR count). The summed E-state index contributed by atoms with van der Waals surface area (Å²) in [5.74, 6) is 0. The number of nitrogens with two attached hydrogens (primary N) is 1. The second-order valence-electron chi connectivity index (χ2n) is 7.81. The lowest BCUT2D eigenvalue weighted by molar-refractivity contribution is 0.295. The molecule has 0 aliphatic carbocycles. The van der Waals surface area contributed by atoms with Gasteiger partial charge >= 0.3 is 0 Å². The van der Waals surface area contributed by atoms with E-state index in [-0.39, 0.29) is 12.4 Å². The Morgan fingerprint density at radius 2 is 0.926 bits per heavy atom. The minimum atomic E-state index is 0. The Balaban J connectivity index is 0. The first-order valence-corrected chi connectivity index (χ1v) is 11.9. The first-order valence-electron chi connectivity index (χ1n) is 11.9. The Morgan fingerprint density at radius 1 is 0.556 bits per heavy atom. The average Bonchev–Trinajstić information content (AvgIpc) is 2.66. The molecule has 164 valence electrons. The van der Waals surface area contributed by atoms with Crippen molar-refractivity contribution in [2.24, 2.45) is 5.73 Å². The van der Waals surface area contributed by atoms with Crippen LogP contribution in [-0.2, 0) is 0 Å². The lowest BCUT2D eigenvalue weighted by Gasteiger charge is -2.17. The molecule has 0 spiro atoms. The highest BCUT2D eigenvalue weighted by atomic mass is 35.5. The van der Waals surface area contributed by atoms with Crippen LogP contribution >= 0.6 is 12.4 Å². The standard InChI is InChI=1S/C24H50N2.ClH/c1-3-26(4-2)24-22-20-18-16-14-12-10-8-6-5-7-9-11-13-15-17-19-21-23-25;/h5,7H,3-4,6,8-25H2,1-2H3;1H. The first kappa shape index (κ1) is 29.2. The number of hydrogen-bond acceptors (Lipinski definition) is 2. The van der Waals surface area contributed by atoms with Crippen LogP contribution in [0.1, 0.15) is 117 Å². The van der Waals surface area contributed by atoms with Gasteiger partial charge in [-0.2, -0.15) is 0 Å². The van der Waals surface area contributed by atoms with Gasteiger partial charge in [0.15, 0.2) is 0 Å². The Hall–Kier alpha value is -0.0500. The summed E-state index contributed by atoms with van der Waals surface area (Å²) in [6, 6.07) is 0. The van der Waals surface area contributed by atoms with Crippen molar-refractivity contribution in [3.05, 3.63) is 12.2 Å². The number of unbranched alkanes of at least 4 members (excludes halogenated alkanes) is 14. The van der Waals surface area contributed by atoms with E-state index >= 15 is 0 Å². The average molecular weight is 403 g/mol. The van der Waals surface area contributed by atoms with Gasteiger partial charge in [0.25, 0.3) is 0 Å². The van der Waals surface area contributed by atoms with E-state index in [0.29, 0.717) is 0 Å². The maximum atomic E-state index is 5.51. The molecule has 2 nitrogen and oxygen atoms in total. The highest BCUT2D eigenvalue weighted by Gasteiger charge is 1.98. The molecule has 0 fully saturated rings. The maximum absolute atomic E-state index is 5.51. The number of allylic oxidation sites excluding steroid dienone is 2. The number of hydrogen-bond donors (Lipinski definition) is 1. The van der Waals surface area contributed by atoms with Crippen LogP contribution in [0, 0.1) is 0 Å². The highest BCUT2D eigenvalue weighted by Crippen LogP contribution is 2.11. The zero-order valence-corrected chi connectivity index (χ0v) is 19.5. The van der Waals surface area contributed by atoms with E-state index in [0.717, 1.165) is 6.54 Å². The quantitative estimate of drug-likeness (QED) is 0.159. The summed E-state index contributed by atoms with van der Waals surface area (Å²) in [7, 11) is 0. The van der Waals surface area contributed by atoms with Crippen molar-refractivity contribution in [1.29, 1.82) is 0 Å². The molecule has 27 heavy (non-hydrogen) atoms. The molecule has 0 bridgehead atoms. The minimum absolute atomic E-state index is 0. The summed E-state index contributed by atoms with van der Waals surface area (Å²) in [6.45, 7) is 9.11. The summed E-state index contributed by atoms with van der Waals surface area (Å²) in [4.78, 5) is 2.54. The third-order valence-corrected chi connectivity index (χ3v) is 5.48.